The Morgan fingerprint density at radius 2 is 2.00 bits per heavy atom. The summed E-state index contributed by atoms with van der Waals surface area (Å²) in [5.74, 6) is -1.42. The van der Waals surface area contributed by atoms with Crippen molar-refractivity contribution in [2.75, 3.05) is 26.3 Å². The van der Waals surface area contributed by atoms with E-state index in [1.54, 1.807) is 4.90 Å². The van der Waals surface area contributed by atoms with Crippen LogP contribution < -0.4 is 5.32 Å². The number of hydrogen-bond acceptors (Lipinski definition) is 5. The van der Waals surface area contributed by atoms with Crippen molar-refractivity contribution in [1.29, 1.82) is 5.26 Å². The topological polar surface area (TPSA) is 103 Å². The predicted molar refractivity (Wildman–Crippen MR) is 99.8 cm³/mol. The molecule has 0 saturated carbocycles. The minimum atomic E-state index is -1.37. The zero-order valence-corrected chi connectivity index (χ0v) is 16.2. The van der Waals surface area contributed by atoms with Crippen LogP contribution in [0.2, 0.25) is 0 Å². The number of nitrogens with zero attached hydrogens (tertiary/aromatic N) is 3. The van der Waals surface area contributed by atoms with Crippen LogP contribution in [0, 0.1) is 17.1 Å². The molecule has 9 heteroatoms. The quantitative estimate of drug-likeness (QED) is 0.727. The SMILES string of the molecule is CC1(c2ccc(F)cc2)NC(=O)N(CC(=O)N(CCC#N)C2CCOCC2)C1=O. The Hall–Kier alpha value is -2.99. The zero-order valence-electron chi connectivity index (χ0n) is 16.2. The van der Waals surface area contributed by atoms with Gasteiger partial charge in [0.1, 0.15) is 17.9 Å². The molecular weight excluding hydrogens is 379 g/mol. The number of urea groups is 1. The molecular formula is C20H23FN4O4. The van der Waals surface area contributed by atoms with Gasteiger partial charge in [-0.05, 0) is 37.5 Å². The lowest BCUT2D eigenvalue weighted by atomic mass is 9.92. The van der Waals surface area contributed by atoms with Gasteiger partial charge in [0.15, 0.2) is 0 Å². The first-order chi connectivity index (χ1) is 13.9. The molecule has 0 spiro atoms. The fourth-order valence-electron chi connectivity index (χ4n) is 3.72. The summed E-state index contributed by atoms with van der Waals surface area (Å²) in [5, 5.41) is 11.5. The molecule has 2 heterocycles. The van der Waals surface area contributed by atoms with Gasteiger partial charge in [-0.3, -0.25) is 14.5 Å². The standard InChI is InChI=1S/C20H23FN4O4/c1-20(14-3-5-15(21)6-4-14)18(27)25(19(28)23-20)13-17(26)24(10-2-9-22)16-7-11-29-12-8-16/h3-6,16H,2,7-8,10-13H2,1H3,(H,23,28). The highest BCUT2D eigenvalue weighted by Crippen LogP contribution is 2.29. The summed E-state index contributed by atoms with van der Waals surface area (Å²) < 4.78 is 18.6. The molecule has 1 N–H and O–H groups in total. The van der Waals surface area contributed by atoms with Crippen LogP contribution in [0.25, 0.3) is 0 Å². The molecule has 0 aromatic heterocycles. The third kappa shape index (κ3) is 4.22. The Morgan fingerprint density at radius 3 is 2.62 bits per heavy atom. The molecule has 0 radical (unpaired) electrons. The number of nitriles is 1. The number of carbonyl (C=O) groups is 3. The maximum atomic E-state index is 13.2. The highest BCUT2D eigenvalue weighted by molar-refractivity contribution is 6.09. The number of carbonyl (C=O) groups excluding carboxylic acids is 3. The van der Waals surface area contributed by atoms with Gasteiger partial charge in [-0.1, -0.05) is 12.1 Å². The summed E-state index contributed by atoms with van der Waals surface area (Å²) in [6.45, 7) is 2.39. The molecule has 1 atom stereocenters. The number of nitrogens with one attached hydrogen (secondary N) is 1. The second-order valence-electron chi connectivity index (χ2n) is 7.29. The Balaban J connectivity index is 1.76. The number of imide groups is 1. The van der Waals surface area contributed by atoms with Crippen molar-refractivity contribution in [3.05, 3.63) is 35.6 Å². The van der Waals surface area contributed by atoms with Crippen molar-refractivity contribution in [1.82, 2.24) is 15.1 Å². The fraction of sp³-hybridized carbons (Fsp3) is 0.500. The van der Waals surface area contributed by atoms with E-state index in [2.05, 4.69) is 5.32 Å². The molecule has 0 aliphatic carbocycles. The van der Waals surface area contributed by atoms with Crippen LogP contribution in [0.3, 0.4) is 0 Å². The summed E-state index contributed by atoms with van der Waals surface area (Å²) in [5.41, 5.74) is -0.945. The summed E-state index contributed by atoms with van der Waals surface area (Å²) >= 11 is 0. The minimum absolute atomic E-state index is 0.0890. The average Bonchev–Trinajstić information content (AvgIpc) is 2.93. The first-order valence-corrected chi connectivity index (χ1v) is 9.51. The molecule has 29 heavy (non-hydrogen) atoms. The molecule has 2 fully saturated rings. The van der Waals surface area contributed by atoms with Crippen LogP contribution in [0.1, 0.15) is 31.7 Å². The van der Waals surface area contributed by atoms with E-state index in [0.29, 0.717) is 31.6 Å². The van der Waals surface area contributed by atoms with Crippen molar-refractivity contribution < 1.29 is 23.5 Å². The highest BCUT2D eigenvalue weighted by Gasteiger charge is 2.49. The number of benzene rings is 1. The Labute approximate surface area is 168 Å². The number of hydrogen-bond donors (Lipinski definition) is 1. The largest absolute Gasteiger partial charge is 0.381 e. The third-order valence-corrected chi connectivity index (χ3v) is 5.41. The van der Waals surface area contributed by atoms with E-state index in [1.165, 1.54) is 31.2 Å². The predicted octanol–water partition coefficient (Wildman–Crippen LogP) is 1.51. The van der Waals surface area contributed by atoms with Crippen molar-refractivity contribution in [2.45, 2.75) is 37.8 Å². The third-order valence-electron chi connectivity index (χ3n) is 5.41. The first-order valence-electron chi connectivity index (χ1n) is 9.51. The molecule has 2 saturated heterocycles. The van der Waals surface area contributed by atoms with Crippen LogP contribution in [-0.4, -0.2) is 60.0 Å². The molecule has 2 aliphatic rings. The van der Waals surface area contributed by atoms with Crippen molar-refractivity contribution in [3.8, 4) is 6.07 Å². The van der Waals surface area contributed by atoms with Crippen molar-refractivity contribution in [2.24, 2.45) is 0 Å². The van der Waals surface area contributed by atoms with Gasteiger partial charge in [-0.15, -0.1) is 0 Å². The van der Waals surface area contributed by atoms with Crippen LogP contribution in [-0.2, 0) is 19.9 Å². The molecule has 0 bridgehead atoms. The molecule has 1 aromatic carbocycles. The van der Waals surface area contributed by atoms with E-state index in [0.717, 1.165) is 4.90 Å². The van der Waals surface area contributed by atoms with E-state index in [4.69, 9.17) is 10.00 Å². The van der Waals surface area contributed by atoms with Crippen LogP contribution in [0.4, 0.5) is 9.18 Å². The average molecular weight is 402 g/mol. The van der Waals surface area contributed by atoms with Crippen molar-refractivity contribution >= 4 is 17.8 Å². The van der Waals surface area contributed by atoms with E-state index < -0.39 is 29.8 Å². The summed E-state index contributed by atoms with van der Waals surface area (Å²) in [6, 6.07) is 6.54. The Bertz CT molecular complexity index is 832. The van der Waals surface area contributed by atoms with E-state index in [1.807, 2.05) is 6.07 Å². The molecule has 154 valence electrons. The second kappa shape index (κ2) is 8.57. The summed E-state index contributed by atoms with van der Waals surface area (Å²) in [4.78, 5) is 40.8. The molecule has 2 aliphatic heterocycles. The lowest BCUT2D eigenvalue weighted by molar-refractivity contribution is -0.141. The first kappa shape index (κ1) is 20.7. The smallest absolute Gasteiger partial charge is 0.325 e. The second-order valence-corrected chi connectivity index (χ2v) is 7.29. The number of ether oxygens (including phenoxy) is 1. The molecule has 1 aromatic rings. The van der Waals surface area contributed by atoms with Crippen LogP contribution in [0.15, 0.2) is 24.3 Å². The molecule has 1 unspecified atom stereocenters. The fourth-order valence-corrected chi connectivity index (χ4v) is 3.72. The van der Waals surface area contributed by atoms with Crippen molar-refractivity contribution in [3.63, 3.8) is 0 Å². The minimum Gasteiger partial charge on any atom is -0.381 e. The molecule has 4 amide bonds. The highest BCUT2D eigenvalue weighted by atomic mass is 19.1. The Morgan fingerprint density at radius 1 is 1.34 bits per heavy atom. The van der Waals surface area contributed by atoms with Gasteiger partial charge in [0, 0.05) is 25.8 Å². The van der Waals surface area contributed by atoms with E-state index >= 15 is 0 Å². The normalized spacial score (nSPS) is 22.3. The van der Waals surface area contributed by atoms with E-state index in [9.17, 15) is 18.8 Å². The maximum Gasteiger partial charge on any atom is 0.325 e. The van der Waals surface area contributed by atoms with Gasteiger partial charge in [-0.2, -0.15) is 5.26 Å². The van der Waals surface area contributed by atoms with Crippen LogP contribution >= 0.6 is 0 Å². The van der Waals surface area contributed by atoms with Gasteiger partial charge in [-0.25, -0.2) is 9.18 Å². The van der Waals surface area contributed by atoms with E-state index in [-0.39, 0.29) is 24.9 Å². The lowest BCUT2D eigenvalue weighted by Crippen LogP contribution is -2.49. The lowest BCUT2D eigenvalue weighted by Gasteiger charge is -2.34. The number of amides is 4. The van der Waals surface area contributed by atoms with Gasteiger partial charge >= 0.3 is 6.03 Å². The van der Waals surface area contributed by atoms with Gasteiger partial charge in [0.25, 0.3) is 5.91 Å². The molecule has 3 rings (SSSR count). The monoisotopic (exact) mass is 402 g/mol. The number of rotatable bonds is 6. The summed E-state index contributed by atoms with van der Waals surface area (Å²) in [7, 11) is 0. The van der Waals surface area contributed by atoms with Gasteiger partial charge in [0.2, 0.25) is 5.91 Å². The van der Waals surface area contributed by atoms with Gasteiger partial charge < -0.3 is 15.0 Å². The molecule has 8 nitrogen and oxygen atoms in total. The zero-order chi connectivity index (χ0) is 21.0. The van der Waals surface area contributed by atoms with Crippen LogP contribution in [0.5, 0.6) is 0 Å². The summed E-state index contributed by atoms with van der Waals surface area (Å²) in [6.07, 6.45) is 1.45. The number of halogens is 1. The maximum absolute atomic E-state index is 13.2. The Kier molecular flexibility index (Phi) is 6.13. The van der Waals surface area contributed by atoms with Gasteiger partial charge in [0.05, 0.1) is 12.5 Å².